The largest absolute Gasteiger partial charge is 0.459 e. The van der Waals surface area contributed by atoms with Crippen molar-refractivity contribution in [2.45, 2.75) is 45.8 Å². The van der Waals surface area contributed by atoms with Crippen LogP contribution in [0.25, 0.3) is 22.0 Å². The first-order chi connectivity index (χ1) is 14.1. The number of aromatic nitrogens is 2. The number of hydrogen-bond acceptors (Lipinski definition) is 3. The van der Waals surface area contributed by atoms with Gasteiger partial charge in [0.2, 0.25) is 5.91 Å². The molecular formula is C23H25N3O3. The molecule has 29 heavy (non-hydrogen) atoms. The molecule has 1 N–H and O–H groups in total. The molecule has 0 spiro atoms. The number of rotatable bonds is 7. The molecular weight excluding hydrogens is 366 g/mol. The first kappa shape index (κ1) is 19.1. The van der Waals surface area contributed by atoms with Gasteiger partial charge >= 0.3 is 5.69 Å². The van der Waals surface area contributed by atoms with Gasteiger partial charge in [-0.15, -0.1) is 0 Å². The predicted octanol–water partition coefficient (Wildman–Crippen LogP) is 4.23. The van der Waals surface area contributed by atoms with Crippen LogP contribution in [0.5, 0.6) is 0 Å². The van der Waals surface area contributed by atoms with Gasteiger partial charge in [-0.1, -0.05) is 37.3 Å². The van der Waals surface area contributed by atoms with Crippen LogP contribution >= 0.6 is 0 Å². The molecule has 1 amide bonds. The molecule has 1 unspecified atom stereocenters. The van der Waals surface area contributed by atoms with Gasteiger partial charge in [-0.3, -0.25) is 13.9 Å². The van der Waals surface area contributed by atoms with Gasteiger partial charge in [0.25, 0.3) is 0 Å². The van der Waals surface area contributed by atoms with Gasteiger partial charge in [0.1, 0.15) is 11.3 Å². The Labute approximate surface area is 168 Å². The molecule has 150 valence electrons. The van der Waals surface area contributed by atoms with Crippen molar-refractivity contribution >= 4 is 27.9 Å². The van der Waals surface area contributed by atoms with E-state index in [0.29, 0.717) is 13.1 Å². The number of nitrogens with one attached hydrogen (secondary N) is 1. The lowest BCUT2D eigenvalue weighted by molar-refractivity contribution is -0.122. The number of furan rings is 1. The summed E-state index contributed by atoms with van der Waals surface area (Å²) >= 11 is 0. The molecule has 6 heteroatoms. The van der Waals surface area contributed by atoms with E-state index < -0.39 is 0 Å². The third-order valence-corrected chi connectivity index (χ3v) is 5.18. The molecule has 0 aliphatic rings. The summed E-state index contributed by atoms with van der Waals surface area (Å²) in [4.78, 5) is 25.3. The molecule has 0 saturated heterocycles. The molecule has 0 radical (unpaired) electrons. The smallest absolute Gasteiger partial charge is 0.329 e. The Morgan fingerprint density at radius 1 is 1.03 bits per heavy atom. The molecule has 4 rings (SSSR count). The number of benzene rings is 2. The SMILES string of the molecule is CCCn1c(=O)n(CCC(=O)NC(C)c2cc3ccccc3o2)c2ccccc21. The maximum atomic E-state index is 12.8. The van der Waals surface area contributed by atoms with Crippen LogP contribution in [0.1, 0.15) is 38.5 Å². The van der Waals surface area contributed by atoms with Crippen LogP contribution in [0.15, 0.2) is 63.8 Å². The molecule has 2 aromatic heterocycles. The summed E-state index contributed by atoms with van der Waals surface area (Å²) in [5, 5.41) is 3.98. The van der Waals surface area contributed by atoms with Crippen molar-refractivity contribution in [3.8, 4) is 0 Å². The average Bonchev–Trinajstić information content (AvgIpc) is 3.27. The molecule has 1 atom stereocenters. The Morgan fingerprint density at radius 2 is 1.69 bits per heavy atom. The van der Waals surface area contributed by atoms with Crippen LogP contribution in [0.4, 0.5) is 0 Å². The van der Waals surface area contributed by atoms with Crippen molar-refractivity contribution in [3.05, 3.63) is 70.8 Å². The molecule has 2 aromatic carbocycles. The number of fused-ring (bicyclic) bond motifs is 2. The molecule has 0 saturated carbocycles. The highest BCUT2D eigenvalue weighted by Gasteiger charge is 2.16. The Balaban J connectivity index is 1.47. The maximum absolute atomic E-state index is 12.8. The van der Waals surface area contributed by atoms with E-state index >= 15 is 0 Å². The number of carbonyl (C=O) groups excluding carboxylic acids is 1. The summed E-state index contributed by atoms with van der Waals surface area (Å²) in [6.07, 6.45) is 1.11. The zero-order valence-electron chi connectivity index (χ0n) is 16.7. The van der Waals surface area contributed by atoms with E-state index in [9.17, 15) is 9.59 Å². The fourth-order valence-corrected chi connectivity index (χ4v) is 3.74. The second-order valence-corrected chi connectivity index (χ2v) is 7.30. The molecule has 0 aliphatic carbocycles. The lowest BCUT2D eigenvalue weighted by Crippen LogP contribution is -2.30. The van der Waals surface area contributed by atoms with Crippen LogP contribution in [-0.4, -0.2) is 15.0 Å². The predicted molar refractivity (Wildman–Crippen MR) is 114 cm³/mol. The number of carbonyl (C=O) groups is 1. The molecule has 0 bridgehead atoms. The zero-order chi connectivity index (χ0) is 20.4. The molecule has 0 fully saturated rings. The Hall–Kier alpha value is -3.28. The van der Waals surface area contributed by atoms with E-state index in [4.69, 9.17) is 4.42 Å². The minimum absolute atomic E-state index is 0.0637. The highest BCUT2D eigenvalue weighted by molar-refractivity contribution is 5.80. The topological polar surface area (TPSA) is 69.2 Å². The Bertz CT molecular complexity index is 1180. The van der Waals surface area contributed by atoms with E-state index in [0.717, 1.165) is 34.2 Å². The number of imidazole rings is 1. The van der Waals surface area contributed by atoms with Gasteiger partial charge in [0, 0.05) is 24.9 Å². The van der Waals surface area contributed by atoms with E-state index in [-0.39, 0.29) is 24.1 Å². The summed E-state index contributed by atoms with van der Waals surface area (Å²) in [5.74, 6) is 0.605. The number of aryl methyl sites for hydroxylation is 2. The normalized spacial score (nSPS) is 12.5. The van der Waals surface area contributed by atoms with Gasteiger partial charge in [-0.25, -0.2) is 4.79 Å². The van der Waals surface area contributed by atoms with E-state index in [1.807, 2.05) is 68.4 Å². The minimum Gasteiger partial charge on any atom is -0.459 e. The van der Waals surface area contributed by atoms with Gasteiger partial charge in [-0.2, -0.15) is 0 Å². The fourth-order valence-electron chi connectivity index (χ4n) is 3.74. The molecule has 6 nitrogen and oxygen atoms in total. The molecule has 0 aliphatic heterocycles. The highest BCUT2D eigenvalue weighted by atomic mass is 16.3. The number of hydrogen-bond donors (Lipinski definition) is 1. The van der Waals surface area contributed by atoms with Gasteiger partial charge in [0.05, 0.1) is 17.1 Å². The highest BCUT2D eigenvalue weighted by Crippen LogP contribution is 2.23. The van der Waals surface area contributed by atoms with Crippen LogP contribution in [-0.2, 0) is 17.9 Å². The van der Waals surface area contributed by atoms with Crippen molar-refractivity contribution in [2.75, 3.05) is 0 Å². The first-order valence-corrected chi connectivity index (χ1v) is 10.0. The van der Waals surface area contributed by atoms with Gasteiger partial charge in [0.15, 0.2) is 0 Å². The molecule has 2 heterocycles. The third-order valence-electron chi connectivity index (χ3n) is 5.18. The van der Waals surface area contributed by atoms with E-state index in [2.05, 4.69) is 5.32 Å². The van der Waals surface area contributed by atoms with Crippen molar-refractivity contribution < 1.29 is 9.21 Å². The zero-order valence-corrected chi connectivity index (χ0v) is 16.7. The second-order valence-electron chi connectivity index (χ2n) is 7.30. The maximum Gasteiger partial charge on any atom is 0.329 e. The number of para-hydroxylation sites is 3. The summed E-state index contributed by atoms with van der Waals surface area (Å²) in [6.45, 7) is 4.96. The Morgan fingerprint density at radius 3 is 2.38 bits per heavy atom. The van der Waals surface area contributed by atoms with Gasteiger partial charge in [-0.05, 0) is 37.6 Å². The van der Waals surface area contributed by atoms with Crippen LogP contribution < -0.4 is 11.0 Å². The van der Waals surface area contributed by atoms with Crippen molar-refractivity contribution in [3.63, 3.8) is 0 Å². The summed E-state index contributed by atoms with van der Waals surface area (Å²) in [7, 11) is 0. The lowest BCUT2D eigenvalue weighted by atomic mass is 10.2. The van der Waals surface area contributed by atoms with Crippen molar-refractivity contribution in [2.24, 2.45) is 0 Å². The van der Waals surface area contributed by atoms with Crippen molar-refractivity contribution in [1.29, 1.82) is 0 Å². The number of nitrogens with zero attached hydrogens (tertiary/aromatic N) is 2. The summed E-state index contributed by atoms with van der Waals surface area (Å²) < 4.78 is 9.30. The van der Waals surface area contributed by atoms with E-state index in [1.165, 1.54) is 0 Å². The minimum atomic E-state index is -0.243. The second kappa shape index (κ2) is 7.99. The Kier molecular flexibility index (Phi) is 5.25. The van der Waals surface area contributed by atoms with Crippen LogP contribution in [0, 0.1) is 0 Å². The van der Waals surface area contributed by atoms with Crippen molar-refractivity contribution in [1.82, 2.24) is 14.5 Å². The van der Waals surface area contributed by atoms with Crippen LogP contribution in [0.3, 0.4) is 0 Å². The molecule has 4 aromatic rings. The summed E-state index contributed by atoms with van der Waals surface area (Å²) in [5.41, 5.74) is 2.52. The first-order valence-electron chi connectivity index (χ1n) is 10.0. The lowest BCUT2D eigenvalue weighted by Gasteiger charge is -2.11. The fraction of sp³-hybridized carbons (Fsp3) is 0.304. The quantitative estimate of drug-likeness (QED) is 0.513. The standard InChI is InChI=1S/C23H25N3O3/c1-3-13-25-18-9-5-6-10-19(18)26(23(25)28)14-12-22(27)24-16(2)21-15-17-8-4-7-11-20(17)29-21/h4-11,15-16H,3,12-14H2,1-2H3,(H,24,27). The van der Waals surface area contributed by atoms with E-state index in [1.54, 1.807) is 9.13 Å². The van der Waals surface area contributed by atoms with Gasteiger partial charge < -0.3 is 9.73 Å². The summed E-state index contributed by atoms with van der Waals surface area (Å²) in [6, 6.07) is 17.2. The van der Waals surface area contributed by atoms with Crippen LogP contribution in [0.2, 0.25) is 0 Å². The third kappa shape index (κ3) is 3.70. The monoisotopic (exact) mass is 391 g/mol. The average molecular weight is 391 g/mol. The number of amides is 1.